The van der Waals surface area contributed by atoms with Crippen LogP contribution in [0.1, 0.15) is 5.56 Å². The zero-order valence-electron chi connectivity index (χ0n) is 9.42. The topological polar surface area (TPSA) is 30.5 Å². The van der Waals surface area contributed by atoms with Crippen molar-refractivity contribution in [3.8, 4) is 0 Å². The van der Waals surface area contributed by atoms with Crippen LogP contribution in [0.5, 0.6) is 0 Å². The predicted molar refractivity (Wildman–Crippen MR) is 71.4 cm³/mol. The Labute approximate surface area is 115 Å². The zero-order chi connectivity index (χ0) is 12.1. The Kier molecular flexibility index (Phi) is 5.25. The average Bonchev–Trinajstić information content (AvgIpc) is 2.33. The van der Waals surface area contributed by atoms with E-state index in [2.05, 4.69) is 21.2 Å². The quantitative estimate of drug-likeness (QED) is 0.925. The molecule has 0 aliphatic carbocycles. The number of rotatable bonds is 4. The molecule has 0 aromatic heterocycles. The molecule has 1 aromatic carbocycles. The van der Waals surface area contributed by atoms with Crippen LogP contribution >= 0.6 is 27.5 Å². The Morgan fingerprint density at radius 2 is 2.29 bits per heavy atom. The highest BCUT2D eigenvalue weighted by Gasteiger charge is 2.13. The molecule has 1 aliphatic heterocycles. The predicted octanol–water partition coefficient (Wildman–Crippen LogP) is 2.61. The molecular formula is C12H15BrClNO2. The molecule has 0 radical (unpaired) electrons. The minimum Gasteiger partial charge on any atom is -0.376 e. The number of benzene rings is 1. The Hall–Kier alpha value is -0.130. The van der Waals surface area contributed by atoms with E-state index in [1.165, 1.54) is 0 Å². The Morgan fingerprint density at radius 3 is 3.00 bits per heavy atom. The highest BCUT2D eigenvalue weighted by molar-refractivity contribution is 9.10. The van der Waals surface area contributed by atoms with Gasteiger partial charge in [-0.3, -0.25) is 0 Å². The second-order valence-electron chi connectivity index (χ2n) is 3.93. The third kappa shape index (κ3) is 4.23. The molecule has 0 spiro atoms. The van der Waals surface area contributed by atoms with Crippen LogP contribution in [0.15, 0.2) is 22.7 Å². The van der Waals surface area contributed by atoms with Crippen molar-refractivity contribution in [2.24, 2.45) is 0 Å². The molecule has 94 valence electrons. The van der Waals surface area contributed by atoms with Crippen LogP contribution in [-0.4, -0.2) is 32.5 Å². The molecule has 0 bridgehead atoms. The highest BCUT2D eigenvalue weighted by atomic mass is 79.9. The maximum absolute atomic E-state index is 6.13. The fourth-order valence-electron chi connectivity index (χ4n) is 1.69. The van der Waals surface area contributed by atoms with Gasteiger partial charge in [0.25, 0.3) is 0 Å². The molecule has 1 aliphatic rings. The lowest BCUT2D eigenvalue weighted by molar-refractivity contribution is -0.0864. The van der Waals surface area contributed by atoms with Crippen molar-refractivity contribution >= 4 is 27.5 Å². The summed E-state index contributed by atoms with van der Waals surface area (Å²) in [5.41, 5.74) is 1.09. The lowest BCUT2D eigenvalue weighted by atomic mass is 10.2. The molecule has 1 N–H and O–H groups in total. The van der Waals surface area contributed by atoms with Crippen LogP contribution in [0, 0.1) is 0 Å². The van der Waals surface area contributed by atoms with Crippen molar-refractivity contribution in [1.29, 1.82) is 0 Å². The van der Waals surface area contributed by atoms with Crippen molar-refractivity contribution in [3.05, 3.63) is 33.3 Å². The summed E-state index contributed by atoms with van der Waals surface area (Å²) >= 11 is 9.51. The first kappa shape index (κ1) is 13.3. The summed E-state index contributed by atoms with van der Waals surface area (Å²) in [7, 11) is 0. The Morgan fingerprint density at radius 1 is 1.41 bits per heavy atom. The average molecular weight is 321 g/mol. The third-order valence-corrected chi connectivity index (χ3v) is 3.43. The fraction of sp³-hybridized carbons (Fsp3) is 0.500. The molecule has 1 unspecified atom stereocenters. The van der Waals surface area contributed by atoms with Gasteiger partial charge >= 0.3 is 0 Å². The largest absolute Gasteiger partial charge is 0.376 e. The van der Waals surface area contributed by atoms with Gasteiger partial charge < -0.3 is 14.8 Å². The maximum atomic E-state index is 6.13. The van der Waals surface area contributed by atoms with E-state index in [1.807, 2.05) is 18.2 Å². The van der Waals surface area contributed by atoms with Crippen LogP contribution in [0.2, 0.25) is 5.02 Å². The molecule has 1 fully saturated rings. The minimum absolute atomic E-state index is 0.151. The summed E-state index contributed by atoms with van der Waals surface area (Å²) in [6.45, 7) is 3.58. The van der Waals surface area contributed by atoms with E-state index in [9.17, 15) is 0 Å². The van der Waals surface area contributed by atoms with Crippen LogP contribution in [0.4, 0.5) is 0 Å². The maximum Gasteiger partial charge on any atom is 0.0933 e. The van der Waals surface area contributed by atoms with Gasteiger partial charge in [-0.2, -0.15) is 0 Å². The standard InChI is InChI=1S/C12H15BrClNO2/c13-10-2-1-9(12(14)5-10)6-15-7-11-8-16-3-4-17-11/h1-2,5,11,15H,3-4,6-8H2. The third-order valence-electron chi connectivity index (χ3n) is 2.59. The molecule has 0 saturated carbocycles. The number of hydrogen-bond donors (Lipinski definition) is 1. The minimum atomic E-state index is 0.151. The van der Waals surface area contributed by atoms with Gasteiger partial charge in [-0.1, -0.05) is 33.6 Å². The van der Waals surface area contributed by atoms with Crippen LogP contribution in [0.3, 0.4) is 0 Å². The molecule has 0 amide bonds. The van der Waals surface area contributed by atoms with Gasteiger partial charge in [0.2, 0.25) is 0 Å². The van der Waals surface area contributed by atoms with Crippen LogP contribution < -0.4 is 5.32 Å². The smallest absolute Gasteiger partial charge is 0.0933 e. The molecule has 2 rings (SSSR count). The number of halogens is 2. The van der Waals surface area contributed by atoms with E-state index in [0.29, 0.717) is 19.8 Å². The normalized spacial score (nSPS) is 20.5. The van der Waals surface area contributed by atoms with Gasteiger partial charge in [-0.15, -0.1) is 0 Å². The number of ether oxygens (including phenoxy) is 2. The first-order valence-corrected chi connectivity index (χ1v) is 6.77. The van der Waals surface area contributed by atoms with Gasteiger partial charge in [-0.05, 0) is 17.7 Å². The van der Waals surface area contributed by atoms with E-state index in [0.717, 1.165) is 28.1 Å². The molecular weight excluding hydrogens is 305 g/mol. The van der Waals surface area contributed by atoms with Crippen molar-refractivity contribution < 1.29 is 9.47 Å². The summed E-state index contributed by atoms with van der Waals surface area (Å²) in [6, 6.07) is 5.90. The molecule has 1 aromatic rings. The Bertz CT molecular complexity index is 370. The van der Waals surface area contributed by atoms with Gasteiger partial charge in [0.1, 0.15) is 0 Å². The van der Waals surface area contributed by atoms with Gasteiger partial charge in [-0.25, -0.2) is 0 Å². The second-order valence-corrected chi connectivity index (χ2v) is 5.26. The molecule has 1 saturated heterocycles. The molecule has 1 heterocycles. The SMILES string of the molecule is Clc1cc(Br)ccc1CNCC1COCCO1. The van der Waals surface area contributed by atoms with Crippen LogP contribution in [-0.2, 0) is 16.0 Å². The summed E-state index contributed by atoms with van der Waals surface area (Å²) in [4.78, 5) is 0. The fourth-order valence-corrected chi connectivity index (χ4v) is 2.43. The lowest BCUT2D eigenvalue weighted by Crippen LogP contribution is -2.37. The van der Waals surface area contributed by atoms with E-state index in [-0.39, 0.29) is 6.10 Å². The summed E-state index contributed by atoms with van der Waals surface area (Å²) < 4.78 is 11.9. The van der Waals surface area contributed by atoms with Gasteiger partial charge in [0.15, 0.2) is 0 Å². The Balaban J connectivity index is 1.77. The van der Waals surface area contributed by atoms with Gasteiger partial charge in [0, 0.05) is 22.6 Å². The molecule has 1 atom stereocenters. The summed E-state index contributed by atoms with van der Waals surface area (Å²) in [6.07, 6.45) is 0.151. The molecule has 5 heteroatoms. The molecule has 17 heavy (non-hydrogen) atoms. The first-order valence-electron chi connectivity index (χ1n) is 5.59. The lowest BCUT2D eigenvalue weighted by Gasteiger charge is -2.23. The first-order chi connectivity index (χ1) is 8.25. The van der Waals surface area contributed by atoms with E-state index in [4.69, 9.17) is 21.1 Å². The molecule has 3 nitrogen and oxygen atoms in total. The second kappa shape index (κ2) is 6.71. The van der Waals surface area contributed by atoms with E-state index < -0.39 is 0 Å². The van der Waals surface area contributed by atoms with Gasteiger partial charge in [0.05, 0.1) is 25.9 Å². The van der Waals surface area contributed by atoms with E-state index >= 15 is 0 Å². The van der Waals surface area contributed by atoms with Crippen LogP contribution in [0.25, 0.3) is 0 Å². The van der Waals surface area contributed by atoms with Crippen molar-refractivity contribution in [3.63, 3.8) is 0 Å². The van der Waals surface area contributed by atoms with Crippen molar-refractivity contribution in [2.75, 3.05) is 26.4 Å². The monoisotopic (exact) mass is 319 g/mol. The zero-order valence-corrected chi connectivity index (χ0v) is 11.8. The highest BCUT2D eigenvalue weighted by Crippen LogP contribution is 2.21. The van der Waals surface area contributed by atoms with Crippen molar-refractivity contribution in [2.45, 2.75) is 12.6 Å². The summed E-state index contributed by atoms with van der Waals surface area (Å²) in [5, 5.41) is 4.10. The van der Waals surface area contributed by atoms with Crippen molar-refractivity contribution in [1.82, 2.24) is 5.32 Å². The number of nitrogens with one attached hydrogen (secondary N) is 1. The number of hydrogen-bond acceptors (Lipinski definition) is 3. The van der Waals surface area contributed by atoms with E-state index in [1.54, 1.807) is 0 Å². The summed E-state index contributed by atoms with van der Waals surface area (Å²) in [5.74, 6) is 0.